The molecular weight excluding hydrogens is 194 g/mol. The SMILES string of the molecule is CC1CC(=O)N(CC(O)C2CC2)C(=O)C1. The van der Waals surface area contributed by atoms with E-state index in [9.17, 15) is 14.7 Å². The van der Waals surface area contributed by atoms with E-state index in [0.29, 0.717) is 18.8 Å². The van der Waals surface area contributed by atoms with Gasteiger partial charge >= 0.3 is 0 Å². The number of piperidine rings is 1. The maximum Gasteiger partial charge on any atom is 0.229 e. The first kappa shape index (κ1) is 10.6. The number of imide groups is 1. The molecule has 4 heteroatoms. The van der Waals surface area contributed by atoms with E-state index in [0.717, 1.165) is 12.8 Å². The van der Waals surface area contributed by atoms with E-state index >= 15 is 0 Å². The van der Waals surface area contributed by atoms with Gasteiger partial charge in [0.05, 0.1) is 12.6 Å². The van der Waals surface area contributed by atoms with Crippen LogP contribution in [-0.4, -0.2) is 34.5 Å². The van der Waals surface area contributed by atoms with Crippen LogP contribution in [0.25, 0.3) is 0 Å². The van der Waals surface area contributed by atoms with Crippen LogP contribution in [0.4, 0.5) is 0 Å². The second kappa shape index (κ2) is 3.93. The number of aliphatic hydroxyl groups is 1. The van der Waals surface area contributed by atoms with Gasteiger partial charge in [0.25, 0.3) is 0 Å². The first-order valence-corrected chi connectivity index (χ1v) is 5.59. The molecule has 1 saturated carbocycles. The van der Waals surface area contributed by atoms with Gasteiger partial charge in [0.1, 0.15) is 0 Å². The normalized spacial score (nSPS) is 25.9. The van der Waals surface area contributed by atoms with E-state index in [1.54, 1.807) is 0 Å². The summed E-state index contributed by atoms with van der Waals surface area (Å²) in [6, 6.07) is 0. The Morgan fingerprint density at radius 2 is 1.87 bits per heavy atom. The fourth-order valence-electron chi connectivity index (χ4n) is 2.05. The molecule has 4 nitrogen and oxygen atoms in total. The molecule has 0 aromatic rings. The lowest BCUT2D eigenvalue weighted by Gasteiger charge is -2.29. The fraction of sp³-hybridized carbons (Fsp3) is 0.818. The number of likely N-dealkylation sites (tertiary alicyclic amines) is 1. The number of nitrogens with zero attached hydrogens (tertiary/aromatic N) is 1. The highest BCUT2D eigenvalue weighted by Crippen LogP contribution is 2.33. The lowest BCUT2D eigenvalue weighted by atomic mass is 9.97. The van der Waals surface area contributed by atoms with E-state index < -0.39 is 6.10 Å². The standard InChI is InChI=1S/C11H17NO3/c1-7-4-10(14)12(11(15)5-7)6-9(13)8-2-3-8/h7-9,13H,2-6H2,1H3. The van der Waals surface area contributed by atoms with E-state index in [4.69, 9.17) is 0 Å². The molecule has 2 aliphatic rings. The van der Waals surface area contributed by atoms with Gasteiger partial charge in [-0.2, -0.15) is 0 Å². The molecule has 1 N–H and O–H groups in total. The smallest absolute Gasteiger partial charge is 0.229 e. The van der Waals surface area contributed by atoms with E-state index in [1.807, 2.05) is 6.92 Å². The number of carbonyl (C=O) groups excluding carboxylic acids is 2. The van der Waals surface area contributed by atoms with Crippen molar-refractivity contribution >= 4 is 11.8 Å². The molecule has 1 heterocycles. The van der Waals surface area contributed by atoms with Crippen LogP contribution in [-0.2, 0) is 9.59 Å². The first-order chi connectivity index (χ1) is 7.08. The van der Waals surface area contributed by atoms with Gasteiger partial charge in [0.15, 0.2) is 0 Å². The predicted octanol–water partition coefficient (Wildman–Crippen LogP) is 0.542. The van der Waals surface area contributed by atoms with Gasteiger partial charge in [-0.15, -0.1) is 0 Å². The van der Waals surface area contributed by atoms with Crippen LogP contribution in [0.3, 0.4) is 0 Å². The number of rotatable bonds is 3. The minimum absolute atomic E-state index is 0.126. The molecule has 1 atom stereocenters. The molecule has 1 saturated heterocycles. The third-order valence-corrected chi connectivity index (χ3v) is 3.18. The van der Waals surface area contributed by atoms with Crippen molar-refractivity contribution in [2.45, 2.75) is 38.7 Å². The Morgan fingerprint density at radius 1 is 1.33 bits per heavy atom. The largest absolute Gasteiger partial charge is 0.391 e. The van der Waals surface area contributed by atoms with Crippen molar-refractivity contribution in [1.82, 2.24) is 4.90 Å². The molecule has 1 unspecified atom stereocenters. The highest BCUT2D eigenvalue weighted by molar-refractivity contribution is 5.97. The summed E-state index contributed by atoms with van der Waals surface area (Å²) in [5.41, 5.74) is 0. The lowest BCUT2D eigenvalue weighted by Crippen LogP contribution is -2.46. The molecular formula is C11H17NO3. The second-order valence-electron chi connectivity index (χ2n) is 4.82. The molecule has 1 aliphatic heterocycles. The van der Waals surface area contributed by atoms with Crippen molar-refractivity contribution < 1.29 is 14.7 Å². The molecule has 2 rings (SSSR count). The molecule has 0 bridgehead atoms. The fourth-order valence-corrected chi connectivity index (χ4v) is 2.05. The summed E-state index contributed by atoms with van der Waals surface area (Å²) < 4.78 is 0. The minimum atomic E-state index is -0.508. The van der Waals surface area contributed by atoms with Gasteiger partial charge in [0, 0.05) is 12.8 Å². The summed E-state index contributed by atoms with van der Waals surface area (Å²) in [7, 11) is 0. The van der Waals surface area contributed by atoms with Crippen LogP contribution in [0.5, 0.6) is 0 Å². The Kier molecular flexibility index (Phi) is 2.78. The molecule has 2 fully saturated rings. The summed E-state index contributed by atoms with van der Waals surface area (Å²) in [5, 5.41) is 9.70. The minimum Gasteiger partial charge on any atom is -0.391 e. The molecule has 2 amide bonds. The third kappa shape index (κ3) is 2.37. The molecule has 0 radical (unpaired) electrons. The number of β-amino-alcohol motifs (C(OH)–C–C–N with tert-alkyl or cyclic N) is 1. The Balaban J connectivity index is 1.94. The maximum absolute atomic E-state index is 11.6. The molecule has 84 valence electrons. The van der Waals surface area contributed by atoms with Crippen molar-refractivity contribution in [3.63, 3.8) is 0 Å². The van der Waals surface area contributed by atoms with Crippen LogP contribution < -0.4 is 0 Å². The number of aliphatic hydroxyl groups excluding tert-OH is 1. The van der Waals surface area contributed by atoms with Crippen LogP contribution in [0.1, 0.15) is 32.6 Å². The zero-order valence-electron chi connectivity index (χ0n) is 8.98. The van der Waals surface area contributed by atoms with Gasteiger partial charge in [-0.05, 0) is 24.7 Å². The molecule has 0 aromatic heterocycles. The molecule has 0 spiro atoms. The molecule has 0 aromatic carbocycles. The highest BCUT2D eigenvalue weighted by atomic mass is 16.3. The van der Waals surface area contributed by atoms with Gasteiger partial charge in [-0.1, -0.05) is 6.92 Å². The molecule has 15 heavy (non-hydrogen) atoms. The Morgan fingerprint density at radius 3 is 2.33 bits per heavy atom. The average Bonchev–Trinajstić information content (AvgIpc) is 2.93. The van der Waals surface area contributed by atoms with E-state index in [1.165, 1.54) is 4.90 Å². The Labute approximate surface area is 89.3 Å². The van der Waals surface area contributed by atoms with Crippen LogP contribution >= 0.6 is 0 Å². The van der Waals surface area contributed by atoms with E-state index in [-0.39, 0.29) is 24.3 Å². The first-order valence-electron chi connectivity index (χ1n) is 5.59. The van der Waals surface area contributed by atoms with Crippen molar-refractivity contribution in [2.75, 3.05) is 6.54 Å². The maximum atomic E-state index is 11.6. The quantitative estimate of drug-likeness (QED) is 0.693. The summed E-state index contributed by atoms with van der Waals surface area (Å²) in [5.74, 6) is 0.209. The highest BCUT2D eigenvalue weighted by Gasteiger charge is 2.36. The van der Waals surface area contributed by atoms with Gasteiger partial charge in [-0.25, -0.2) is 0 Å². The summed E-state index contributed by atoms with van der Waals surface area (Å²) in [4.78, 5) is 24.4. The number of hydrogen-bond donors (Lipinski definition) is 1. The summed E-state index contributed by atoms with van der Waals surface area (Å²) >= 11 is 0. The van der Waals surface area contributed by atoms with Crippen LogP contribution in [0.2, 0.25) is 0 Å². The van der Waals surface area contributed by atoms with Crippen LogP contribution in [0, 0.1) is 11.8 Å². The van der Waals surface area contributed by atoms with Gasteiger partial charge < -0.3 is 5.11 Å². The van der Waals surface area contributed by atoms with Crippen molar-refractivity contribution in [3.8, 4) is 0 Å². The van der Waals surface area contributed by atoms with Gasteiger partial charge in [0.2, 0.25) is 11.8 Å². The number of carbonyl (C=O) groups is 2. The Bertz CT molecular complexity index is 268. The number of amides is 2. The summed E-state index contributed by atoms with van der Waals surface area (Å²) in [6.07, 6.45) is 2.40. The average molecular weight is 211 g/mol. The zero-order chi connectivity index (χ0) is 11.0. The van der Waals surface area contributed by atoms with Crippen molar-refractivity contribution in [3.05, 3.63) is 0 Å². The van der Waals surface area contributed by atoms with Gasteiger partial charge in [-0.3, -0.25) is 14.5 Å². The monoisotopic (exact) mass is 211 g/mol. The third-order valence-electron chi connectivity index (χ3n) is 3.18. The van der Waals surface area contributed by atoms with E-state index in [2.05, 4.69) is 0 Å². The predicted molar refractivity (Wildman–Crippen MR) is 53.8 cm³/mol. The van der Waals surface area contributed by atoms with Crippen molar-refractivity contribution in [1.29, 1.82) is 0 Å². The number of hydrogen-bond acceptors (Lipinski definition) is 3. The zero-order valence-corrected chi connectivity index (χ0v) is 8.98. The van der Waals surface area contributed by atoms with Crippen LogP contribution in [0.15, 0.2) is 0 Å². The lowest BCUT2D eigenvalue weighted by molar-refractivity contribution is -0.151. The topological polar surface area (TPSA) is 57.6 Å². The van der Waals surface area contributed by atoms with Crippen molar-refractivity contribution in [2.24, 2.45) is 11.8 Å². The Hall–Kier alpha value is -0.900. The summed E-state index contributed by atoms with van der Waals surface area (Å²) in [6.45, 7) is 2.11. The molecule has 1 aliphatic carbocycles. The second-order valence-corrected chi connectivity index (χ2v) is 4.82.